The molecular weight excluding hydrogens is 508 g/mol. The van der Waals surface area contributed by atoms with Crippen LogP contribution in [-0.4, -0.2) is 58.5 Å². The SMILES string of the molecule is CC(C)Oc1cc(C#N)ccc1C1=NC(c2ccc(Cl)cc2)C(c2cnoc2)N1C(=O)N1CCNC(=O)C1. The first kappa shape index (κ1) is 25.3. The Labute approximate surface area is 224 Å². The van der Waals surface area contributed by atoms with E-state index in [1.165, 1.54) is 11.2 Å². The smallest absolute Gasteiger partial charge is 0.326 e. The molecule has 3 aromatic rings. The van der Waals surface area contributed by atoms with Gasteiger partial charge in [0, 0.05) is 23.7 Å². The van der Waals surface area contributed by atoms with Crippen LogP contribution >= 0.6 is 11.6 Å². The number of ether oxygens (including phenoxy) is 1. The van der Waals surface area contributed by atoms with Crippen molar-refractivity contribution in [2.45, 2.75) is 32.0 Å². The van der Waals surface area contributed by atoms with E-state index in [0.717, 1.165) is 5.56 Å². The minimum absolute atomic E-state index is 0.0761. The van der Waals surface area contributed by atoms with E-state index in [1.807, 2.05) is 26.0 Å². The van der Waals surface area contributed by atoms with Crippen molar-refractivity contribution < 1.29 is 18.8 Å². The largest absolute Gasteiger partial charge is 0.490 e. The van der Waals surface area contributed by atoms with Gasteiger partial charge in [0.25, 0.3) is 0 Å². The van der Waals surface area contributed by atoms with Gasteiger partial charge < -0.3 is 19.5 Å². The molecule has 38 heavy (non-hydrogen) atoms. The molecule has 2 atom stereocenters. The standard InChI is InChI=1S/C27H25ClN6O4/c1-16(2)38-22-11-17(12-29)3-8-21(22)26-32-24(18-4-6-20(28)7-5-18)25(19-13-31-37-15-19)34(26)27(36)33-10-9-30-23(35)14-33/h3-8,11,13,15-16,24-25H,9-10,14H2,1-2H3,(H,30,35). The van der Waals surface area contributed by atoms with Gasteiger partial charge in [0.15, 0.2) is 0 Å². The Kier molecular flexibility index (Phi) is 7.03. The third-order valence-corrected chi connectivity index (χ3v) is 6.55. The van der Waals surface area contributed by atoms with Gasteiger partial charge in [0.2, 0.25) is 5.91 Å². The first-order chi connectivity index (χ1) is 18.4. The first-order valence-electron chi connectivity index (χ1n) is 12.1. The van der Waals surface area contributed by atoms with Crippen molar-refractivity contribution in [1.29, 1.82) is 5.26 Å². The number of nitrogens with one attached hydrogen (secondary N) is 1. The highest BCUT2D eigenvalue weighted by Crippen LogP contribution is 2.45. The molecule has 2 unspecified atom stereocenters. The van der Waals surface area contributed by atoms with Crippen molar-refractivity contribution in [2.75, 3.05) is 19.6 Å². The summed E-state index contributed by atoms with van der Waals surface area (Å²) in [6.07, 6.45) is 2.85. The molecule has 1 fully saturated rings. The Morgan fingerprint density at radius 2 is 2.03 bits per heavy atom. The number of piperazine rings is 1. The van der Waals surface area contributed by atoms with Crippen LogP contribution in [0.1, 0.15) is 48.2 Å². The minimum Gasteiger partial charge on any atom is -0.490 e. The maximum Gasteiger partial charge on any atom is 0.326 e. The maximum atomic E-state index is 14.1. The van der Waals surface area contributed by atoms with Gasteiger partial charge in [-0.2, -0.15) is 5.26 Å². The summed E-state index contributed by atoms with van der Waals surface area (Å²) in [5.41, 5.74) is 2.42. The third-order valence-electron chi connectivity index (χ3n) is 6.30. The van der Waals surface area contributed by atoms with E-state index < -0.39 is 12.1 Å². The highest BCUT2D eigenvalue weighted by atomic mass is 35.5. The summed E-state index contributed by atoms with van der Waals surface area (Å²) >= 11 is 6.16. The number of urea groups is 1. The zero-order chi connectivity index (χ0) is 26.8. The van der Waals surface area contributed by atoms with Gasteiger partial charge in [-0.05, 0) is 49.7 Å². The van der Waals surface area contributed by atoms with E-state index in [-0.39, 0.29) is 24.6 Å². The van der Waals surface area contributed by atoms with Crippen molar-refractivity contribution in [3.63, 3.8) is 0 Å². The summed E-state index contributed by atoms with van der Waals surface area (Å²) in [6.45, 7) is 4.38. The number of hydrogen-bond donors (Lipinski definition) is 1. The van der Waals surface area contributed by atoms with Gasteiger partial charge >= 0.3 is 6.03 Å². The molecule has 194 valence electrons. The molecule has 0 radical (unpaired) electrons. The quantitative estimate of drug-likeness (QED) is 0.528. The molecule has 2 aliphatic heterocycles. The number of amidine groups is 1. The van der Waals surface area contributed by atoms with Gasteiger partial charge in [-0.3, -0.25) is 14.7 Å². The monoisotopic (exact) mass is 532 g/mol. The number of benzene rings is 2. The average molecular weight is 533 g/mol. The summed E-state index contributed by atoms with van der Waals surface area (Å²) in [7, 11) is 0. The van der Waals surface area contributed by atoms with Crippen molar-refractivity contribution in [2.24, 2.45) is 4.99 Å². The van der Waals surface area contributed by atoms with Crippen LogP contribution in [0.25, 0.3) is 0 Å². The Balaban J connectivity index is 1.69. The summed E-state index contributed by atoms with van der Waals surface area (Å²) in [4.78, 5) is 34.4. The van der Waals surface area contributed by atoms with Crippen LogP contribution in [0.4, 0.5) is 4.79 Å². The van der Waals surface area contributed by atoms with E-state index >= 15 is 0 Å². The minimum atomic E-state index is -0.627. The lowest BCUT2D eigenvalue weighted by atomic mass is 9.96. The molecule has 10 nitrogen and oxygen atoms in total. The highest BCUT2D eigenvalue weighted by Gasteiger charge is 2.45. The molecule has 3 heterocycles. The van der Waals surface area contributed by atoms with Crippen molar-refractivity contribution in [1.82, 2.24) is 20.3 Å². The van der Waals surface area contributed by atoms with Gasteiger partial charge in [-0.15, -0.1) is 0 Å². The second kappa shape index (κ2) is 10.6. The van der Waals surface area contributed by atoms with Crippen LogP contribution in [0.2, 0.25) is 5.02 Å². The molecule has 0 aliphatic carbocycles. The fourth-order valence-corrected chi connectivity index (χ4v) is 4.76. The first-order valence-corrected chi connectivity index (χ1v) is 12.5. The second-order valence-corrected chi connectivity index (χ2v) is 9.70. The number of aliphatic imine (C=N–C) groups is 1. The third kappa shape index (κ3) is 4.93. The van der Waals surface area contributed by atoms with Gasteiger partial charge in [0.05, 0.1) is 35.5 Å². The molecule has 0 bridgehead atoms. The number of carbonyl (C=O) groups is 2. The van der Waals surface area contributed by atoms with Gasteiger partial charge in [0.1, 0.15) is 30.4 Å². The number of hydrogen-bond acceptors (Lipinski definition) is 7. The molecule has 5 rings (SSSR count). The van der Waals surface area contributed by atoms with Crippen molar-refractivity contribution in [3.8, 4) is 11.8 Å². The van der Waals surface area contributed by atoms with Crippen LogP contribution in [0, 0.1) is 11.3 Å². The summed E-state index contributed by atoms with van der Waals surface area (Å²) in [5.74, 6) is 0.542. The number of rotatable bonds is 5. The van der Waals surface area contributed by atoms with E-state index in [0.29, 0.717) is 46.4 Å². The predicted octanol–water partition coefficient (Wildman–Crippen LogP) is 4.08. The second-order valence-electron chi connectivity index (χ2n) is 9.27. The Bertz CT molecular complexity index is 1410. The molecule has 1 aromatic heterocycles. The van der Waals surface area contributed by atoms with E-state index in [1.54, 1.807) is 41.4 Å². The molecule has 1 saturated heterocycles. The summed E-state index contributed by atoms with van der Waals surface area (Å²) < 4.78 is 11.2. The Hall–Kier alpha value is -4.36. The molecule has 0 spiro atoms. The number of aromatic nitrogens is 1. The zero-order valence-corrected chi connectivity index (χ0v) is 21.6. The van der Waals surface area contributed by atoms with Crippen LogP contribution in [0.3, 0.4) is 0 Å². The zero-order valence-electron chi connectivity index (χ0n) is 20.8. The molecule has 0 saturated carbocycles. The number of nitrogens with zero attached hydrogens (tertiary/aromatic N) is 5. The van der Waals surface area contributed by atoms with E-state index in [9.17, 15) is 14.9 Å². The number of halogens is 1. The molecule has 1 N–H and O–H groups in total. The topological polar surface area (TPSA) is 124 Å². The molecule has 11 heteroatoms. The molecular formula is C27H25ClN6O4. The average Bonchev–Trinajstić information content (AvgIpc) is 3.56. The van der Waals surface area contributed by atoms with Crippen LogP contribution in [0.5, 0.6) is 5.75 Å². The lowest BCUT2D eigenvalue weighted by Gasteiger charge is -2.35. The molecule has 2 aliphatic rings. The maximum absolute atomic E-state index is 14.1. The van der Waals surface area contributed by atoms with Gasteiger partial charge in [-0.25, -0.2) is 4.79 Å². The Morgan fingerprint density at radius 3 is 2.68 bits per heavy atom. The fraction of sp³-hybridized carbons (Fsp3) is 0.296. The van der Waals surface area contributed by atoms with E-state index in [2.05, 4.69) is 16.5 Å². The highest BCUT2D eigenvalue weighted by molar-refractivity contribution is 6.30. The number of amides is 3. The molecule has 2 aromatic carbocycles. The van der Waals surface area contributed by atoms with Crippen molar-refractivity contribution >= 4 is 29.4 Å². The van der Waals surface area contributed by atoms with Crippen LogP contribution < -0.4 is 10.1 Å². The van der Waals surface area contributed by atoms with Crippen LogP contribution in [-0.2, 0) is 4.79 Å². The van der Waals surface area contributed by atoms with E-state index in [4.69, 9.17) is 25.9 Å². The molecule has 3 amide bonds. The lowest BCUT2D eigenvalue weighted by Crippen LogP contribution is -2.55. The predicted molar refractivity (Wildman–Crippen MR) is 139 cm³/mol. The van der Waals surface area contributed by atoms with Gasteiger partial charge in [-0.1, -0.05) is 28.9 Å². The Morgan fingerprint density at radius 1 is 1.24 bits per heavy atom. The summed E-state index contributed by atoms with van der Waals surface area (Å²) in [6, 6.07) is 12.9. The fourth-order valence-electron chi connectivity index (χ4n) is 4.64. The summed E-state index contributed by atoms with van der Waals surface area (Å²) in [5, 5.41) is 16.7. The number of carbonyl (C=O) groups excluding carboxylic acids is 2. The normalized spacial score (nSPS) is 19.2. The van der Waals surface area contributed by atoms with Crippen LogP contribution in [0.15, 0.2) is 64.4 Å². The lowest BCUT2D eigenvalue weighted by molar-refractivity contribution is -0.123. The number of nitriles is 1. The van der Waals surface area contributed by atoms with Crippen molar-refractivity contribution in [3.05, 3.63) is 82.2 Å².